The van der Waals surface area contributed by atoms with Crippen molar-refractivity contribution < 1.29 is 14.0 Å². The van der Waals surface area contributed by atoms with Gasteiger partial charge in [0.25, 0.3) is 5.91 Å². The van der Waals surface area contributed by atoms with Gasteiger partial charge in [-0.3, -0.25) is 14.5 Å². The molecule has 33 heavy (non-hydrogen) atoms. The number of likely N-dealkylation sites (tertiary alicyclic amines) is 1. The fourth-order valence-electron chi connectivity index (χ4n) is 4.92. The van der Waals surface area contributed by atoms with Gasteiger partial charge in [0.05, 0.1) is 17.8 Å². The van der Waals surface area contributed by atoms with Crippen molar-refractivity contribution in [3.05, 3.63) is 60.0 Å². The monoisotopic (exact) mass is 446 g/mol. The number of nitrogens with zero attached hydrogens (tertiary/aromatic N) is 2. The number of para-hydroxylation sites is 3. The molecule has 2 heterocycles. The molecule has 1 aliphatic carbocycles. The molecule has 2 N–H and O–H groups in total. The highest BCUT2D eigenvalue weighted by atomic mass is 16.3. The summed E-state index contributed by atoms with van der Waals surface area (Å²) in [7, 11) is 0. The van der Waals surface area contributed by atoms with Gasteiger partial charge in [0.1, 0.15) is 5.52 Å². The predicted molar refractivity (Wildman–Crippen MR) is 127 cm³/mol. The number of oxazole rings is 1. The van der Waals surface area contributed by atoms with Crippen molar-refractivity contribution in [1.82, 2.24) is 15.2 Å². The van der Waals surface area contributed by atoms with E-state index in [1.807, 2.05) is 36.4 Å². The first-order valence-corrected chi connectivity index (χ1v) is 11.9. The maximum absolute atomic E-state index is 12.8. The van der Waals surface area contributed by atoms with E-state index in [4.69, 9.17) is 4.42 Å². The standard InChI is InChI=1S/C26H30N4O3/c31-24(28-21-10-4-3-9-20(21)25(32)27-19-7-1-2-8-19)17-30-15-13-18(14-16-30)26-29-22-11-5-6-12-23(22)33-26/h3-6,9-12,18-19H,1-2,7-8,13-17H2,(H,27,32)(H,28,31). The SMILES string of the molecule is O=C(CN1CCC(c2nc3ccccc3o2)CC1)Nc1ccccc1C(=O)NC1CCCC1. The van der Waals surface area contributed by atoms with Crippen LogP contribution in [0.2, 0.25) is 0 Å². The second-order valence-electron chi connectivity index (χ2n) is 9.12. The first kappa shape index (κ1) is 21.6. The average molecular weight is 447 g/mol. The summed E-state index contributed by atoms with van der Waals surface area (Å²) < 4.78 is 5.94. The number of amides is 2. The minimum atomic E-state index is -0.114. The largest absolute Gasteiger partial charge is 0.440 e. The summed E-state index contributed by atoms with van der Waals surface area (Å²) >= 11 is 0. The molecule has 0 radical (unpaired) electrons. The lowest BCUT2D eigenvalue weighted by atomic mass is 9.97. The third-order valence-corrected chi connectivity index (χ3v) is 6.75. The van der Waals surface area contributed by atoms with E-state index < -0.39 is 0 Å². The lowest BCUT2D eigenvalue weighted by Crippen LogP contribution is -2.39. The van der Waals surface area contributed by atoms with E-state index in [2.05, 4.69) is 20.5 Å². The third kappa shape index (κ3) is 5.09. The Bertz CT molecular complexity index is 1090. The minimum Gasteiger partial charge on any atom is -0.440 e. The number of nitrogens with one attached hydrogen (secondary N) is 2. The van der Waals surface area contributed by atoms with Gasteiger partial charge in [-0.2, -0.15) is 0 Å². The van der Waals surface area contributed by atoms with Gasteiger partial charge in [-0.1, -0.05) is 37.1 Å². The summed E-state index contributed by atoms with van der Waals surface area (Å²) in [6, 6.07) is 15.3. The number of piperidine rings is 1. The van der Waals surface area contributed by atoms with E-state index in [1.54, 1.807) is 12.1 Å². The number of hydrogen-bond acceptors (Lipinski definition) is 5. The Labute approximate surface area is 193 Å². The molecule has 0 spiro atoms. The van der Waals surface area contributed by atoms with Crippen molar-refractivity contribution in [2.75, 3.05) is 25.0 Å². The van der Waals surface area contributed by atoms with E-state index in [1.165, 1.54) is 0 Å². The summed E-state index contributed by atoms with van der Waals surface area (Å²) in [6.07, 6.45) is 6.18. The highest BCUT2D eigenvalue weighted by Gasteiger charge is 2.26. The minimum absolute atomic E-state index is 0.101. The molecule has 0 unspecified atom stereocenters. The number of anilines is 1. The number of fused-ring (bicyclic) bond motifs is 1. The van der Waals surface area contributed by atoms with Gasteiger partial charge in [-0.15, -0.1) is 0 Å². The van der Waals surface area contributed by atoms with E-state index in [9.17, 15) is 9.59 Å². The molecule has 2 aliphatic rings. The molecular formula is C26H30N4O3. The van der Waals surface area contributed by atoms with Crippen LogP contribution in [0.5, 0.6) is 0 Å². The molecule has 2 amide bonds. The second-order valence-corrected chi connectivity index (χ2v) is 9.12. The quantitative estimate of drug-likeness (QED) is 0.589. The summed E-state index contributed by atoms with van der Waals surface area (Å²) in [5, 5.41) is 6.06. The van der Waals surface area contributed by atoms with Crippen LogP contribution in [0, 0.1) is 0 Å². The molecule has 1 saturated heterocycles. The maximum atomic E-state index is 12.8. The molecule has 0 atom stereocenters. The van der Waals surface area contributed by atoms with Crippen molar-refractivity contribution in [2.24, 2.45) is 0 Å². The average Bonchev–Trinajstić information content (AvgIpc) is 3.49. The van der Waals surface area contributed by atoms with Crippen molar-refractivity contribution >= 4 is 28.6 Å². The number of hydrogen-bond donors (Lipinski definition) is 2. The molecule has 5 rings (SSSR count). The van der Waals surface area contributed by atoms with Crippen molar-refractivity contribution in [3.8, 4) is 0 Å². The lowest BCUT2D eigenvalue weighted by molar-refractivity contribution is -0.117. The number of carbonyl (C=O) groups is 2. The Morgan fingerprint density at radius 2 is 1.70 bits per heavy atom. The maximum Gasteiger partial charge on any atom is 0.253 e. The van der Waals surface area contributed by atoms with Gasteiger partial charge >= 0.3 is 0 Å². The van der Waals surface area contributed by atoms with Crippen molar-refractivity contribution in [1.29, 1.82) is 0 Å². The zero-order chi connectivity index (χ0) is 22.6. The van der Waals surface area contributed by atoms with E-state index >= 15 is 0 Å². The van der Waals surface area contributed by atoms with Crippen LogP contribution in [-0.4, -0.2) is 47.4 Å². The van der Waals surface area contributed by atoms with Gasteiger partial charge in [0.15, 0.2) is 11.5 Å². The Hall–Kier alpha value is -3.19. The number of carbonyl (C=O) groups excluding carboxylic acids is 2. The van der Waals surface area contributed by atoms with Gasteiger partial charge < -0.3 is 15.1 Å². The Morgan fingerprint density at radius 1 is 0.970 bits per heavy atom. The molecule has 1 aliphatic heterocycles. The van der Waals surface area contributed by atoms with Crippen LogP contribution in [0.3, 0.4) is 0 Å². The highest BCUT2D eigenvalue weighted by molar-refractivity contribution is 6.04. The number of benzene rings is 2. The van der Waals surface area contributed by atoms with Crippen molar-refractivity contribution in [3.63, 3.8) is 0 Å². The summed E-state index contributed by atoms with van der Waals surface area (Å²) in [5.74, 6) is 0.854. The van der Waals surface area contributed by atoms with Crippen LogP contribution in [0.15, 0.2) is 52.9 Å². The van der Waals surface area contributed by atoms with Crippen LogP contribution in [0.25, 0.3) is 11.1 Å². The van der Waals surface area contributed by atoms with Gasteiger partial charge in [0, 0.05) is 12.0 Å². The smallest absolute Gasteiger partial charge is 0.253 e. The molecule has 0 bridgehead atoms. The Balaban J connectivity index is 1.15. The van der Waals surface area contributed by atoms with Gasteiger partial charge in [0.2, 0.25) is 5.91 Å². The first-order valence-electron chi connectivity index (χ1n) is 11.9. The summed E-state index contributed by atoms with van der Waals surface area (Å²) in [4.78, 5) is 32.3. The molecular weight excluding hydrogens is 416 g/mol. The van der Waals surface area contributed by atoms with Crippen LogP contribution < -0.4 is 10.6 Å². The van der Waals surface area contributed by atoms with Crippen LogP contribution in [-0.2, 0) is 4.79 Å². The summed E-state index contributed by atoms with van der Waals surface area (Å²) in [5.41, 5.74) is 2.81. The van der Waals surface area contributed by atoms with Gasteiger partial charge in [-0.05, 0) is 63.0 Å². The molecule has 3 aromatic rings. The zero-order valence-electron chi connectivity index (χ0n) is 18.8. The lowest BCUT2D eigenvalue weighted by Gasteiger charge is -2.30. The molecule has 7 nitrogen and oxygen atoms in total. The Kier molecular flexibility index (Phi) is 6.39. The highest BCUT2D eigenvalue weighted by Crippen LogP contribution is 2.30. The van der Waals surface area contributed by atoms with Crippen LogP contribution in [0.1, 0.15) is 60.7 Å². The van der Waals surface area contributed by atoms with E-state index in [0.29, 0.717) is 17.8 Å². The fourth-order valence-corrected chi connectivity index (χ4v) is 4.92. The van der Waals surface area contributed by atoms with Crippen LogP contribution >= 0.6 is 0 Å². The van der Waals surface area contributed by atoms with Gasteiger partial charge in [-0.25, -0.2) is 4.98 Å². The second kappa shape index (κ2) is 9.75. The zero-order valence-corrected chi connectivity index (χ0v) is 18.8. The molecule has 7 heteroatoms. The normalized spacial score (nSPS) is 17.9. The number of aromatic nitrogens is 1. The molecule has 1 aromatic heterocycles. The van der Waals surface area contributed by atoms with E-state index in [0.717, 1.165) is 68.6 Å². The molecule has 2 aromatic carbocycles. The molecule has 2 fully saturated rings. The van der Waals surface area contributed by atoms with E-state index in [-0.39, 0.29) is 23.8 Å². The Morgan fingerprint density at radius 3 is 2.48 bits per heavy atom. The fraction of sp³-hybridized carbons (Fsp3) is 0.423. The predicted octanol–water partition coefficient (Wildman–Crippen LogP) is 4.32. The molecule has 172 valence electrons. The molecule has 1 saturated carbocycles. The topological polar surface area (TPSA) is 87.5 Å². The third-order valence-electron chi connectivity index (χ3n) is 6.75. The number of rotatable bonds is 6. The summed E-state index contributed by atoms with van der Waals surface area (Å²) in [6.45, 7) is 1.92. The van der Waals surface area contributed by atoms with Crippen molar-refractivity contribution in [2.45, 2.75) is 50.5 Å². The first-order chi connectivity index (χ1) is 16.2. The van der Waals surface area contributed by atoms with Crippen LogP contribution in [0.4, 0.5) is 5.69 Å².